The van der Waals surface area contributed by atoms with Crippen molar-refractivity contribution >= 4 is 11.8 Å². The van der Waals surface area contributed by atoms with Crippen molar-refractivity contribution in [2.24, 2.45) is 5.73 Å². The van der Waals surface area contributed by atoms with Crippen LogP contribution in [0.4, 0.5) is 0 Å². The lowest BCUT2D eigenvalue weighted by Crippen LogP contribution is -2.16. The lowest BCUT2D eigenvalue weighted by Gasteiger charge is -2.14. The largest absolute Gasteiger partial charge is 0.377 e. The second-order valence-electron chi connectivity index (χ2n) is 4.69. The molecule has 2 unspecified atom stereocenters. The second-order valence-corrected chi connectivity index (χ2v) is 5.77. The maximum absolute atomic E-state index is 6.19. The Labute approximate surface area is 108 Å². The van der Waals surface area contributed by atoms with Gasteiger partial charge in [0.1, 0.15) is 0 Å². The van der Waals surface area contributed by atoms with Gasteiger partial charge in [0.25, 0.3) is 0 Å². The fourth-order valence-electron chi connectivity index (χ4n) is 2.10. The minimum Gasteiger partial charge on any atom is -0.377 e. The molecule has 0 radical (unpaired) electrons. The summed E-state index contributed by atoms with van der Waals surface area (Å²) in [6.07, 6.45) is 2.90. The van der Waals surface area contributed by atoms with E-state index in [-0.39, 0.29) is 6.04 Å². The van der Waals surface area contributed by atoms with E-state index in [1.165, 1.54) is 24.0 Å². The van der Waals surface area contributed by atoms with Crippen LogP contribution in [0.3, 0.4) is 0 Å². The van der Waals surface area contributed by atoms with E-state index in [4.69, 9.17) is 10.5 Å². The Morgan fingerprint density at radius 3 is 3.12 bits per heavy atom. The van der Waals surface area contributed by atoms with Crippen LogP contribution < -0.4 is 5.73 Å². The van der Waals surface area contributed by atoms with Crippen LogP contribution in [0.1, 0.15) is 30.0 Å². The molecule has 2 rings (SSSR count). The van der Waals surface area contributed by atoms with Gasteiger partial charge in [0, 0.05) is 24.2 Å². The van der Waals surface area contributed by atoms with Crippen molar-refractivity contribution in [3.8, 4) is 0 Å². The molecule has 0 spiro atoms. The maximum Gasteiger partial charge on any atom is 0.0666 e. The molecule has 2 nitrogen and oxygen atoms in total. The van der Waals surface area contributed by atoms with Crippen molar-refractivity contribution in [2.45, 2.75) is 31.9 Å². The van der Waals surface area contributed by atoms with E-state index < -0.39 is 0 Å². The van der Waals surface area contributed by atoms with Gasteiger partial charge in [-0.15, -0.1) is 0 Å². The van der Waals surface area contributed by atoms with Crippen molar-refractivity contribution in [1.29, 1.82) is 0 Å². The van der Waals surface area contributed by atoms with Crippen molar-refractivity contribution in [2.75, 3.05) is 18.1 Å². The molecule has 0 bridgehead atoms. The summed E-state index contributed by atoms with van der Waals surface area (Å²) in [5, 5.41) is 0. The van der Waals surface area contributed by atoms with E-state index in [1.807, 2.05) is 11.8 Å². The van der Waals surface area contributed by atoms with E-state index in [2.05, 4.69) is 31.2 Å². The molecule has 1 heterocycles. The molecule has 0 aliphatic carbocycles. The molecule has 1 aromatic carbocycles. The number of ether oxygens (including phenoxy) is 1. The normalized spacial score (nSPS) is 21.6. The van der Waals surface area contributed by atoms with Crippen molar-refractivity contribution in [3.63, 3.8) is 0 Å². The Bertz CT molecular complexity index is 350. The highest BCUT2D eigenvalue weighted by molar-refractivity contribution is 7.99. The summed E-state index contributed by atoms with van der Waals surface area (Å²) in [5.41, 5.74) is 8.71. The molecule has 94 valence electrons. The van der Waals surface area contributed by atoms with Crippen molar-refractivity contribution < 1.29 is 4.74 Å². The van der Waals surface area contributed by atoms with Crippen LogP contribution in [0.15, 0.2) is 24.3 Å². The summed E-state index contributed by atoms with van der Waals surface area (Å²) in [7, 11) is 0. The highest BCUT2D eigenvalue weighted by atomic mass is 32.2. The predicted molar refractivity (Wildman–Crippen MR) is 74.4 cm³/mol. The van der Waals surface area contributed by atoms with Gasteiger partial charge in [0.05, 0.1) is 6.10 Å². The van der Waals surface area contributed by atoms with Gasteiger partial charge in [0.15, 0.2) is 0 Å². The first kappa shape index (κ1) is 12.9. The van der Waals surface area contributed by atoms with Gasteiger partial charge in [-0.1, -0.05) is 29.8 Å². The molecule has 1 aromatic rings. The average molecular weight is 251 g/mol. The molecular weight excluding hydrogens is 230 g/mol. The number of hydrogen-bond acceptors (Lipinski definition) is 3. The van der Waals surface area contributed by atoms with Crippen molar-refractivity contribution in [3.05, 3.63) is 35.4 Å². The molecule has 17 heavy (non-hydrogen) atoms. The molecule has 0 aromatic heterocycles. The van der Waals surface area contributed by atoms with E-state index in [0.29, 0.717) is 6.10 Å². The van der Waals surface area contributed by atoms with Crippen LogP contribution >= 0.6 is 11.8 Å². The summed E-state index contributed by atoms with van der Waals surface area (Å²) in [6, 6.07) is 8.62. The van der Waals surface area contributed by atoms with Crippen LogP contribution in [-0.2, 0) is 4.74 Å². The molecule has 3 heteroatoms. The molecule has 1 saturated heterocycles. The van der Waals surface area contributed by atoms with Crippen LogP contribution in [0.2, 0.25) is 0 Å². The number of thioether (sulfide) groups is 1. The smallest absolute Gasteiger partial charge is 0.0666 e. The van der Waals surface area contributed by atoms with Crippen molar-refractivity contribution in [1.82, 2.24) is 0 Å². The predicted octanol–water partition coefficient (Wildman–Crippen LogP) is 2.91. The number of benzene rings is 1. The fraction of sp³-hybridized carbons (Fsp3) is 0.571. The number of hydrogen-bond donors (Lipinski definition) is 1. The van der Waals surface area contributed by atoms with Crippen LogP contribution in [-0.4, -0.2) is 24.2 Å². The first-order valence-corrected chi connectivity index (χ1v) is 7.42. The molecule has 1 aliphatic heterocycles. The van der Waals surface area contributed by atoms with Gasteiger partial charge < -0.3 is 10.5 Å². The molecule has 0 amide bonds. The van der Waals surface area contributed by atoms with Gasteiger partial charge in [-0.25, -0.2) is 0 Å². The Morgan fingerprint density at radius 2 is 2.41 bits per heavy atom. The first-order chi connectivity index (χ1) is 8.25. The van der Waals surface area contributed by atoms with E-state index in [0.717, 1.165) is 18.1 Å². The SMILES string of the molecule is Cc1cccc(C(N)CSCC2CCCO2)c1. The monoisotopic (exact) mass is 251 g/mol. The first-order valence-electron chi connectivity index (χ1n) is 6.27. The summed E-state index contributed by atoms with van der Waals surface area (Å²) in [4.78, 5) is 0. The summed E-state index contributed by atoms with van der Waals surface area (Å²) < 4.78 is 5.60. The van der Waals surface area contributed by atoms with E-state index >= 15 is 0 Å². The van der Waals surface area contributed by atoms with Gasteiger partial charge in [-0.3, -0.25) is 0 Å². The summed E-state index contributed by atoms with van der Waals surface area (Å²) in [6.45, 7) is 3.05. The minimum absolute atomic E-state index is 0.140. The molecule has 1 aliphatic rings. The number of rotatable bonds is 5. The van der Waals surface area contributed by atoms with E-state index in [1.54, 1.807) is 0 Å². The Morgan fingerprint density at radius 1 is 1.53 bits per heavy atom. The summed E-state index contributed by atoms with van der Waals surface area (Å²) in [5.74, 6) is 2.06. The third-order valence-electron chi connectivity index (χ3n) is 3.10. The zero-order valence-electron chi connectivity index (χ0n) is 10.4. The van der Waals surface area contributed by atoms with E-state index in [9.17, 15) is 0 Å². The molecule has 2 atom stereocenters. The van der Waals surface area contributed by atoms with Crippen LogP contribution in [0.5, 0.6) is 0 Å². The Kier molecular flexibility index (Phi) is 4.89. The second kappa shape index (κ2) is 6.43. The molecule has 2 N–H and O–H groups in total. The minimum atomic E-state index is 0.140. The quantitative estimate of drug-likeness (QED) is 0.874. The molecule has 0 saturated carbocycles. The third-order valence-corrected chi connectivity index (χ3v) is 4.30. The summed E-state index contributed by atoms with van der Waals surface area (Å²) >= 11 is 1.91. The zero-order chi connectivity index (χ0) is 12.1. The van der Waals surface area contributed by atoms with Gasteiger partial charge in [-0.05, 0) is 25.3 Å². The lowest BCUT2D eigenvalue weighted by atomic mass is 10.1. The molecular formula is C14H21NOS. The van der Waals surface area contributed by atoms with Gasteiger partial charge in [-0.2, -0.15) is 11.8 Å². The fourth-order valence-corrected chi connectivity index (χ4v) is 3.21. The number of aryl methyl sites for hydroxylation is 1. The lowest BCUT2D eigenvalue weighted by molar-refractivity contribution is 0.129. The average Bonchev–Trinajstić information content (AvgIpc) is 2.82. The Balaban J connectivity index is 1.74. The van der Waals surface area contributed by atoms with Gasteiger partial charge >= 0.3 is 0 Å². The number of nitrogens with two attached hydrogens (primary N) is 1. The third kappa shape index (κ3) is 4.02. The topological polar surface area (TPSA) is 35.2 Å². The molecule has 1 fully saturated rings. The maximum atomic E-state index is 6.19. The van der Waals surface area contributed by atoms with Crippen LogP contribution in [0.25, 0.3) is 0 Å². The highest BCUT2D eigenvalue weighted by Crippen LogP contribution is 2.21. The van der Waals surface area contributed by atoms with Gasteiger partial charge in [0.2, 0.25) is 0 Å². The highest BCUT2D eigenvalue weighted by Gasteiger charge is 2.16. The standard InChI is InChI=1S/C14H21NOS/c1-11-4-2-5-12(8-11)14(15)10-17-9-13-6-3-7-16-13/h2,4-5,8,13-14H,3,6-7,9-10,15H2,1H3. The Hall–Kier alpha value is -0.510. The zero-order valence-corrected chi connectivity index (χ0v) is 11.2. The van der Waals surface area contributed by atoms with Crippen LogP contribution in [0, 0.1) is 6.92 Å².